The van der Waals surface area contributed by atoms with Gasteiger partial charge in [-0.2, -0.15) is 0 Å². The van der Waals surface area contributed by atoms with Crippen molar-refractivity contribution in [3.63, 3.8) is 0 Å². The molecule has 0 unspecified atom stereocenters. The van der Waals surface area contributed by atoms with Gasteiger partial charge in [-0.25, -0.2) is 4.79 Å². The Morgan fingerprint density at radius 2 is 1.88 bits per heavy atom. The van der Waals surface area contributed by atoms with E-state index in [1.54, 1.807) is 6.92 Å². The molecule has 0 bridgehead atoms. The molecule has 0 aromatic carbocycles. The summed E-state index contributed by atoms with van der Waals surface area (Å²) in [6.07, 6.45) is -0.692. The van der Waals surface area contributed by atoms with E-state index >= 15 is 0 Å². The number of nitrogens with one attached hydrogen (secondary N) is 1. The lowest BCUT2D eigenvalue weighted by molar-refractivity contribution is -0.143. The molecular formula is C12H21NO4. The van der Waals surface area contributed by atoms with Crippen molar-refractivity contribution >= 4 is 11.9 Å². The van der Waals surface area contributed by atoms with Crippen molar-refractivity contribution in [2.45, 2.75) is 45.8 Å². The number of carbonyl (C=O) groups is 2. The first-order valence-corrected chi connectivity index (χ1v) is 5.59. The van der Waals surface area contributed by atoms with Gasteiger partial charge in [-0.15, -0.1) is 6.58 Å². The number of aliphatic hydroxyl groups is 1. The van der Waals surface area contributed by atoms with Gasteiger partial charge in [0.1, 0.15) is 12.1 Å². The Morgan fingerprint density at radius 1 is 1.35 bits per heavy atom. The Bertz CT molecular complexity index is 299. The van der Waals surface area contributed by atoms with E-state index in [1.165, 1.54) is 0 Å². The highest BCUT2D eigenvalue weighted by molar-refractivity contribution is 5.86. The Labute approximate surface area is 102 Å². The third-order valence-corrected chi connectivity index (χ3v) is 2.16. The van der Waals surface area contributed by atoms with Gasteiger partial charge >= 0.3 is 5.97 Å². The summed E-state index contributed by atoms with van der Waals surface area (Å²) in [5.74, 6) is -1.61. The van der Waals surface area contributed by atoms with E-state index in [0.717, 1.165) is 0 Å². The molecule has 0 radical (unpaired) electrons. The molecule has 0 aromatic rings. The van der Waals surface area contributed by atoms with Crippen LogP contribution >= 0.6 is 0 Å². The van der Waals surface area contributed by atoms with Crippen LogP contribution in [-0.2, 0) is 9.59 Å². The molecule has 0 aliphatic heterocycles. The molecule has 5 heteroatoms. The predicted molar refractivity (Wildman–Crippen MR) is 64.5 cm³/mol. The lowest BCUT2D eigenvalue weighted by Crippen LogP contribution is -2.45. The SMILES string of the molecule is C=C(C)C[C@@H](NC(=O)[C@@H](O)CC(C)C)C(=O)O. The summed E-state index contributed by atoms with van der Waals surface area (Å²) in [7, 11) is 0. The first-order valence-electron chi connectivity index (χ1n) is 5.59. The van der Waals surface area contributed by atoms with E-state index in [2.05, 4.69) is 11.9 Å². The van der Waals surface area contributed by atoms with Gasteiger partial charge in [-0.05, 0) is 25.7 Å². The van der Waals surface area contributed by atoms with Crippen LogP contribution in [0.3, 0.4) is 0 Å². The Morgan fingerprint density at radius 3 is 2.24 bits per heavy atom. The summed E-state index contributed by atoms with van der Waals surface area (Å²) in [5.41, 5.74) is 0.663. The molecule has 0 heterocycles. The van der Waals surface area contributed by atoms with Crippen LogP contribution in [0.15, 0.2) is 12.2 Å². The second kappa shape index (κ2) is 7.06. The predicted octanol–water partition coefficient (Wildman–Crippen LogP) is 0.929. The maximum Gasteiger partial charge on any atom is 0.326 e. The first-order chi connectivity index (χ1) is 7.73. The van der Waals surface area contributed by atoms with E-state index in [1.807, 2.05) is 13.8 Å². The van der Waals surface area contributed by atoms with Crippen LogP contribution < -0.4 is 5.32 Å². The summed E-state index contributed by atoms with van der Waals surface area (Å²) in [6, 6.07) is -1.03. The number of amides is 1. The van der Waals surface area contributed by atoms with Gasteiger partial charge in [0.2, 0.25) is 5.91 Å². The number of aliphatic hydroxyl groups excluding tert-OH is 1. The summed E-state index contributed by atoms with van der Waals surface area (Å²) in [4.78, 5) is 22.4. The number of hydrogen-bond acceptors (Lipinski definition) is 3. The van der Waals surface area contributed by atoms with Crippen LogP contribution in [0.5, 0.6) is 0 Å². The van der Waals surface area contributed by atoms with Crippen molar-refractivity contribution in [3.8, 4) is 0 Å². The van der Waals surface area contributed by atoms with Gasteiger partial charge < -0.3 is 15.5 Å². The monoisotopic (exact) mass is 243 g/mol. The van der Waals surface area contributed by atoms with Gasteiger partial charge in [0.15, 0.2) is 0 Å². The fourth-order valence-corrected chi connectivity index (χ4v) is 1.37. The molecule has 0 aliphatic carbocycles. The Kier molecular flexibility index (Phi) is 6.50. The molecule has 5 nitrogen and oxygen atoms in total. The summed E-state index contributed by atoms with van der Waals surface area (Å²) >= 11 is 0. The molecule has 17 heavy (non-hydrogen) atoms. The highest BCUT2D eigenvalue weighted by Crippen LogP contribution is 2.07. The maximum absolute atomic E-state index is 11.5. The molecular weight excluding hydrogens is 222 g/mol. The van der Waals surface area contributed by atoms with Gasteiger partial charge in [0.05, 0.1) is 0 Å². The topological polar surface area (TPSA) is 86.6 Å². The number of hydrogen-bond donors (Lipinski definition) is 3. The van der Waals surface area contributed by atoms with Gasteiger partial charge in [-0.1, -0.05) is 19.4 Å². The minimum absolute atomic E-state index is 0.162. The number of carboxylic acid groups (broad SMARTS) is 1. The second-order valence-corrected chi connectivity index (χ2v) is 4.71. The zero-order chi connectivity index (χ0) is 13.6. The summed E-state index contributed by atoms with van der Waals surface area (Å²) < 4.78 is 0. The van der Waals surface area contributed by atoms with Crippen molar-refractivity contribution in [1.82, 2.24) is 5.32 Å². The van der Waals surface area contributed by atoms with Crippen molar-refractivity contribution in [2.24, 2.45) is 5.92 Å². The molecule has 0 aliphatic rings. The van der Waals surface area contributed by atoms with Crippen LogP contribution in [0.1, 0.15) is 33.6 Å². The molecule has 0 rings (SSSR count). The molecule has 0 saturated carbocycles. The molecule has 0 saturated heterocycles. The average molecular weight is 243 g/mol. The van der Waals surface area contributed by atoms with Crippen molar-refractivity contribution in [2.75, 3.05) is 0 Å². The molecule has 0 fully saturated rings. The van der Waals surface area contributed by atoms with Crippen LogP contribution in [0.2, 0.25) is 0 Å². The van der Waals surface area contributed by atoms with Crippen LogP contribution in [0.25, 0.3) is 0 Å². The molecule has 3 N–H and O–H groups in total. The van der Waals surface area contributed by atoms with Crippen molar-refractivity contribution in [1.29, 1.82) is 0 Å². The van der Waals surface area contributed by atoms with Crippen LogP contribution in [0, 0.1) is 5.92 Å². The van der Waals surface area contributed by atoms with Crippen molar-refractivity contribution < 1.29 is 19.8 Å². The zero-order valence-electron chi connectivity index (χ0n) is 10.6. The van der Waals surface area contributed by atoms with Gasteiger partial charge in [0, 0.05) is 0 Å². The minimum Gasteiger partial charge on any atom is -0.480 e. The maximum atomic E-state index is 11.5. The molecule has 98 valence electrons. The standard InChI is InChI=1S/C12H21NO4/c1-7(2)5-9(12(16)17)13-11(15)10(14)6-8(3)4/h8-10,14H,1,5-6H2,2-4H3,(H,13,15)(H,16,17)/t9-,10+/m1/s1. The van der Waals surface area contributed by atoms with Crippen LogP contribution in [-0.4, -0.2) is 34.2 Å². The number of rotatable bonds is 7. The molecule has 1 amide bonds. The first kappa shape index (κ1) is 15.6. The fourth-order valence-electron chi connectivity index (χ4n) is 1.37. The number of carbonyl (C=O) groups excluding carboxylic acids is 1. The second-order valence-electron chi connectivity index (χ2n) is 4.71. The van der Waals surface area contributed by atoms with Gasteiger partial charge in [-0.3, -0.25) is 4.79 Å². The summed E-state index contributed by atoms with van der Waals surface area (Å²) in [6.45, 7) is 9.04. The zero-order valence-corrected chi connectivity index (χ0v) is 10.6. The smallest absolute Gasteiger partial charge is 0.326 e. The number of aliphatic carboxylic acids is 1. The highest BCUT2D eigenvalue weighted by atomic mass is 16.4. The van der Waals surface area contributed by atoms with E-state index in [4.69, 9.17) is 5.11 Å². The minimum atomic E-state index is -1.16. The third-order valence-electron chi connectivity index (χ3n) is 2.16. The Hall–Kier alpha value is -1.36. The third kappa shape index (κ3) is 6.73. The largest absolute Gasteiger partial charge is 0.480 e. The highest BCUT2D eigenvalue weighted by Gasteiger charge is 2.24. The van der Waals surface area contributed by atoms with E-state index < -0.39 is 24.0 Å². The number of carboxylic acids is 1. The average Bonchev–Trinajstić information content (AvgIpc) is 2.14. The van der Waals surface area contributed by atoms with E-state index in [9.17, 15) is 14.7 Å². The normalized spacial score (nSPS) is 14.2. The van der Waals surface area contributed by atoms with E-state index in [0.29, 0.717) is 12.0 Å². The Balaban J connectivity index is 4.39. The lowest BCUT2D eigenvalue weighted by Gasteiger charge is -2.18. The van der Waals surface area contributed by atoms with Crippen molar-refractivity contribution in [3.05, 3.63) is 12.2 Å². The quantitative estimate of drug-likeness (QED) is 0.580. The summed E-state index contributed by atoms with van der Waals surface area (Å²) in [5, 5.41) is 20.7. The fraction of sp³-hybridized carbons (Fsp3) is 0.667. The van der Waals surface area contributed by atoms with Gasteiger partial charge in [0.25, 0.3) is 0 Å². The van der Waals surface area contributed by atoms with Crippen LogP contribution in [0.4, 0.5) is 0 Å². The van der Waals surface area contributed by atoms with E-state index in [-0.39, 0.29) is 12.3 Å². The molecule has 0 aromatic heterocycles. The molecule has 0 spiro atoms. The molecule has 2 atom stereocenters. The lowest BCUT2D eigenvalue weighted by atomic mass is 10.0.